The molecule has 1 saturated heterocycles. The molecule has 4 aromatic rings. The number of halogens is 2. The Hall–Kier alpha value is -3.96. The number of aromatic nitrogens is 2. The van der Waals surface area contributed by atoms with Crippen molar-refractivity contribution in [3.63, 3.8) is 0 Å². The van der Waals surface area contributed by atoms with Gasteiger partial charge < -0.3 is 28.7 Å². The van der Waals surface area contributed by atoms with Crippen molar-refractivity contribution >= 4 is 46.0 Å². The molecule has 0 unspecified atom stereocenters. The molecule has 46 heavy (non-hydrogen) atoms. The van der Waals surface area contributed by atoms with Crippen LogP contribution in [0, 0.1) is 5.82 Å². The first-order chi connectivity index (χ1) is 22.0. The van der Waals surface area contributed by atoms with E-state index in [-0.39, 0.29) is 17.8 Å². The van der Waals surface area contributed by atoms with Crippen molar-refractivity contribution in [3.05, 3.63) is 77.3 Å². The molecular weight excluding hydrogens is 631 g/mol. The van der Waals surface area contributed by atoms with Gasteiger partial charge in [0.2, 0.25) is 5.88 Å². The molecule has 3 aromatic carbocycles. The van der Waals surface area contributed by atoms with E-state index < -0.39 is 11.4 Å². The standard InChI is InChI=1S/C34H38ClFN4O5S/c1-34(2,3)45-33(41)39-14-12-24(13-15-39)46-25-8-10-29-26(18-25)32(38-20-37-29)44-21-40(23-7-9-28(36)27(35)17-23)19-22-6-11-30(42-4)31(16-22)43-5/h6-11,16-18,20,24H,12-15,19,21H2,1-5H3. The van der Waals surface area contributed by atoms with Gasteiger partial charge in [-0.3, -0.25) is 0 Å². The molecule has 12 heteroatoms. The predicted octanol–water partition coefficient (Wildman–Crippen LogP) is 7.97. The number of benzene rings is 3. The van der Waals surface area contributed by atoms with E-state index in [0.29, 0.717) is 48.0 Å². The maximum atomic E-state index is 14.1. The number of methoxy groups -OCH3 is 2. The van der Waals surface area contributed by atoms with Gasteiger partial charge in [-0.05, 0) is 87.7 Å². The Morgan fingerprint density at radius 2 is 1.78 bits per heavy atom. The number of thioether (sulfide) groups is 1. The van der Waals surface area contributed by atoms with Gasteiger partial charge in [-0.25, -0.2) is 19.2 Å². The summed E-state index contributed by atoms with van der Waals surface area (Å²) in [4.78, 5) is 26.2. The second-order valence-electron chi connectivity index (χ2n) is 11.9. The van der Waals surface area contributed by atoms with Gasteiger partial charge in [0.05, 0.1) is 30.1 Å². The summed E-state index contributed by atoms with van der Waals surface area (Å²) in [6.45, 7) is 7.45. The lowest BCUT2D eigenvalue weighted by Crippen LogP contribution is -2.42. The molecule has 2 heterocycles. The Kier molecular flexibility index (Phi) is 10.6. The molecule has 0 atom stereocenters. The fourth-order valence-electron chi connectivity index (χ4n) is 5.11. The second-order valence-corrected chi connectivity index (χ2v) is 13.7. The van der Waals surface area contributed by atoms with Crippen LogP contribution in [0.2, 0.25) is 5.02 Å². The molecule has 0 bridgehead atoms. The van der Waals surface area contributed by atoms with E-state index in [1.54, 1.807) is 43.0 Å². The summed E-state index contributed by atoms with van der Waals surface area (Å²) < 4.78 is 36.8. The number of likely N-dealkylation sites (tertiary alicyclic amines) is 1. The van der Waals surface area contributed by atoms with Crippen molar-refractivity contribution in [2.75, 3.05) is 38.9 Å². The van der Waals surface area contributed by atoms with Crippen LogP contribution in [0.5, 0.6) is 17.4 Å². The van der Waals surface area contributed by atoms with E-state index in [4.69, 9.17) is 30.5 Å². The molecule has 1 amide bonds. The third-order valence-electron chi connectivity index (χ3n) is 7.41. The third-order valence-corrected chi connectivity index (χ3v) is 9.03. The molecule has 5 rings (SSSR count). The van der Waals surface area contributed by atoms with E-state index in [9.17, 15) is 9.18 Å². The number of piperidine rings is 1. The van der Waals surface area contributed by atoms with Crippen LogP contribution in [0.15, 0.2) is 65.8 Å². The van der Waals surface area contributed by atoms with E-state index in [0.717, 1.165) is 34.2 Å². The molecule has 244 valence electrons. The minimum atomic E-state index is -0.512. The van der Waals surface area contributed by atoms with Gasteiger partial charge in [0.25, 0.3) is 0 Å². The fraction of sp³-hybridized carbons (Fsp3) is 0.382. The maximum Gasteiger partial charge on any atom is 0.410 e. The number of anilines is 1. The summed E-state index contributed by atoms with van der Waals surface area (Å²) in [7, 11) is 3.17. The van der Waals surface area contributed by atoms with E-state index in [1.807, 2.05) is 62.1 Å². The molecule has 1 aromatic heterocycles. The Labute approximate surface area is 277 Å². The molecule has 1 aliphatic heterocycles. The summed E-state index contributed by atoms with van der Waals surface area (Å²) in [5.41, 5.74) is 1.84. The number of carbonyl (C=O) groups is 1. The number of hydrogen-bond donors (Lipinski definition) is 0. The number of fused-ring (bicyclic) bond motifs is 1. The van der Waals surface area contributed by atoms with Crippen molar-refractivity contribution in [1.82, 2.24) is 14.9 Å². The summed E-state index contributed by atoms with van der Waals surface area (Å²) in [5, 5.41) is 1.15. The zero-order valence-electron chi connectivity index (χ0n) is 26.6. The average molecular weight is 669 g/mol. The second kappa shape index (κ2) is 14.6. The first kappa shape index (κ1) is 33.4. The van der Waals surface area contributed by atoms with E-state index in [2.05, 4.69) is 9.97 Å². The lowest BCUT2D eigenvalue weighted by molar-refractivity contribution is 0.0219. The first-order valence-corrected chi connectivity index (χ1v) is 16.2. The summed E-state index contributed by atoms with van der Waals surface area (Å²) in [6, 6.07) is 16.3. The van der Waals surface area contributed by atoms with Crippen molar-refractivity contribution < 1.29 is 28.1 Å². The highest BCUT2D eigenvalue weighted by Gasteiger charge is 2.27. The molecule has 0 N–H and O–H groups in total. The largest absolute Gasteiger partial charge is 0.493 e. The van der Waals surface area contributed by atoms with Crippen LogP contribution in [-0.2, 0) is 11.3 Å². The van der Waals surface area contributed by atoms with Crippen LogP contribution in [-0.4, -0.2) is 65.9 Å². The Bertz CT molecular complexity index is 1680. The van der Waals surface area contributed by atoms with Crippen molar-refractivity contribution in [3.8, 4) is 17.4 Å². The molecule has 0 saturated carbocycles. The first-order valence-electron chi connectivity index (χ1n) is 15.0. The van der Waals surface area contributed by atoms with Gasteiger partial charge in [-0.2, -0.15) is 0 Å². The topological polar surface area (TPSA) is 86.3 Å². The molecule has 1 aliphatic rings. The van der Waals surface area contributed by atoms with E-state index in [1.165, 1.54) is 12.4 Å². The van der Waals surface area contributed by atoms with Crippen molar-refractivity contribution in [2.45, 2.75) is 55.9 Å². The third kappa shape index (κ3) is 8.44. The minimum absolute atomic E-state index is 0.0147. The molecule has 0 radical (unpaired) electrons. The van der Waals surface area contributed by atoms with Gasteiger partial charge in [0.1, 0.15) is 17.7 Å². The Morgan fingerprint density at radius 3 is 2.48 bits per heavy atom. The maximum absolute atomic E-state index is 14.1. The van der Waals surface area contributed by atoms with Gasteiger partial charge in [0.15, 0.2) is 18.2 Å². The fourth-order valence-corrected chi connectivity index (χ4v) is 6.45. The van der Waals surface area contributed by atoms with Crippen LogP contribution >= 0.6 is 23.4 Å². The minimum Gasteiger partial charge on any atom is -0.493 e. The Morgan fingerprint density at radius 1 is 1.02 bits per heavy atom. The predicted molar refractivity (Wildman–Crippen MR) is 179 cm³/mol. The highest BCUT2D eigenvalue weighted by molar-refractivity contribution is 8.00. The van der Waals surface area contributed by atoms with Crippen LogP contribution in [0.25, 0.3) is 10.9 Å². The van der Waals surface area contributed by atoms with Crippen molar-refractivity contribution in [2.24, 2.45) is 0 Å². The van der Waals surface area contributed by atoms with Crippen molar-refractivity contribution in [1.29, 1.82) is 0 Å². The number of rotatable bonds is 10. The van der Waals surface area contributed by atoms with Gasteiger partial charge in [-0.1, -0.05) is 17.7 Å². The van der Waals surface area contributed by atoms with Crippen LogP contribution in [0.1, 0.15) is 39.2 Å². The van der Waals surface area contributed by atoms with Crippen LogP contribution in [0.4, 0.5) is 14.9 Å². The number of carbonyl (C=O) groups excluding carboxylic acids is 1. The number of hydrogen-bond acceptors (Lipinski definition) is 9. The Balaban J connectivity index is 1.31. The van der Waals surface area contributed by atoms with Crippen LogP contribution in [0.3, 0.4) is 0 Å². The summed E-state index contributed by atoms with van der Waals surface area (Å²) >= 11 is 7.94. The molecule has 0 aliphatic carbocycles. The van der Waals surface area contributed by atoms with Gasteiger partial charge in [0, 0.05) is 35.5 Å². The van der Waals surface area contributed by atoms with Gasteiger partial charge in [-0.15, -0.1) is 11.8 Å². The quantitative estimate of drug-likeness (QED) is 0.156. The number of amides is 1. The smallest absolute Gasteiger partial charge is 0.410 e. The molecule has 0 spiro atoms. The lowest BCUT2D eigenvalue weighted by atomic mass is 10.1. The summed E-state index contributed by atoms with van der Waals surface area (Å²) in [5.74, 6) is 1.14. The zero-order chi connectivity index (χ0) is 32.8. The lowest BCUT2D eigenvalue weighted by Gasteiger charge is -2.33. The van der Waals surface area contributed by atoms with Gasteiger partial charge >= 0.3 is 6.09 Å². The zero-order valence-corrected chi connectivity index (χ0v) is 28.2. The monoisotopic (exact) mass is 668 g/mol. The SMILES string of the molecule is COc1ccc(CN(COc2ncnc3ccc(SC4CCN(C(=O)OC(C)(C)C)CC4)cc23)c2ccc(F)c(Cl)c2)cc1OC. The molecule has 1 fully saturated rings. The average Bonchev–Trinajstić information content (AvgIpc) is 3.03. The highest BCUT2D eigenvalue weighted by atomic mass is 35.5. The number of nitrogens with zero attached hydrogens (tertiary/aromatic N) is 4. The molecule has 9 nitrogen and oxygen atoms in total. The highest BCUT2D eigenvalue weighted by Crippen LogP contribution is 2.35. The molecular formula is C34H38ClFN4O5S. The normalized spacial score (nSPS) is 13.8. The van der Waals surface area contributed by atoms with E-state index >= 15 is 0 Å². The van der Waals surface area contributed by atoms with Crippen LogP contribution < -0.4 is 19.1 Å². The number of ether oxygens (including phenoxy) is 4. The summed E-state index contributed by atoms with van der Waals surface area (Å²) in [6.07, 6.45) is 2.94.